The van der Waals surface area contributed by atoms with E-state index >= 15 is 0 Å². The fraction of sp³-hybridized carbons (Fsp3) is 0.348. The summed E-state index contributed by atoms with van der Waals surface area (Å²) in [5.41, 5.74) is 3.29. The quantitative estimate of drug-likeness (QED) is 0.663. The van der Waals surface area contributed by atoms with Gasteiger partial charge in [-0.3, -0.25) is 9.69 Å². The molecule has 1 fully saturated rings. The molecule has 0 spiro atoms. The Bertz CT molecular complexity index is 1060. The van der Waals surface area contributed by atoms with Gasteiger partial charge in [0.15, 0.2) is 5.13 Å². The first-order valence-corrected chi connectivity index (χ1v) is 11.1. The normalized spacial score (nSPS) is 14.5. The van der Waals surface area contributed by atoms with Crippen LogP contribution in [0, 0.1) is 11.3 Å². The van der Waals surface area contributed by atoms with Crippen molar-refractivity contribution in [3.8, 4) is 6.07 Å². The number of rotatable bonds is 6. The number of thiazole rings is 1. The highest BCUT2D eigenvalue weighted by Crippen LogP contribution is 2.31. The molecule has 7 heteroatoms. The number of carbonyl (C=O) groups is 1. The van der Waals surface area contributed by atoms with Crippen molar-refractivity contribution < 1.29 is 14.4 Å². The summed E-state index contributed by atoms with van der Waals surface area (Å²) in [6.07, 6.45) is 0.905. The molecule has 1 aromatic heterocycles. The third kappa shape index (κ3) is 4.36. The third-order valence-electron chi connectivity index (χ3n) is 5.50. The molecule has 2 heterocycles. The van der Waals surface area contributed by atoms with Crippen molar-refractivity contribution >= 4 is 32.6 Å². The summed E-state index contributed by atoms with van der Waals surface area (Å²) in [5, 5.41) is 9.78. The van der Waals surface area contributed by atoms with E-state index in [0.29, 0.717) is 17.7 Å². The molecule has 30 heavy (non-hydrogen) atoms. The number of hydrogen-bond acceptors (Lipinski definition) is 5. The molecule has 0 atom stereocenters. The van der Waals surface area contributed by atoms with Crippen LogP contribution in [0.25, 0.3) is 10.2 Å². The molecule has 0 radical (unpaired) electrons. The number of morpholine rings is 1. The monoisotopic (exact) mass is 421 g/mol. The predicted molar refractivity (Wildman–Crippen MR) is 118 cm³/mol. The van der Waals surface area contributed by atoms with Crippen LogP contribution in [-0.2, 0) is 11.2 Å². The fourth-order valence-corrected chi connectivity index (χ4v) is 4.74. The van der Waals surface area contributed by atoms with Gasteiger partial charge in [-0.1, -0.05) is 30.4 Å². The number of ether oxygens (including phenoxy) is 1. The Labute approximate surface area is 180 Å². The number of quaternary nitrogens is 1. The number of carbonyl (C=O) groups excluding carboxylic acids is 1. The van der Waals surface area contributed by atoms with Crippen LogP contribution in [0.4, 0.5) is 5.13 Å². The van der Waals surface area contributed by atoms with E-state index in [1.807, 2.05) is 6.07 Å². The van der Waals surface area contributed by atoms with Gasteiger partial charge in [-0.2, -0.15) is 5.26 Å². The Morgan fingerprint density at radius 3 is 2.70 bits per heavy atom. The van der Waals surface area contributed by atoms with E-state index in [1.54, 1.807) is 40.5 Å². The Balaban J connectivity index is 1.65. The Morgan fingerprint density at radius 2 is 2.00 bits per heavy atom. The highest BCUT2D eigenvalue weighted by molar-refractivity contribution is 7.22. The second kappa shape index (κ2) is 9.35. The molecule has 0 bridgehead atoms. The molecule has 4 rings (SSSR count). The van der Waals surface area contributed by atoms with E-state index in [2.05, 4.69) is 25.1 Å². The van der Waals surface area contributed by atoms with Gasteiger partial charge in [-0.15, -0.1) is 0 Å². The molecule has 1 aliphatic rings. The Hall–Kier alpha value is -2.79. The summed E-state index contributed by atoms with van der Waals surface area (Å²) in [4.78, 5) is 21.5. The lowest BCUT2D eigenvalue weighted by Gasteiger charge is -2.27. The Morgan fingerprint density at radius 1 is 1.23 bits per heavy atom. The number of para-hydroxylation sites is 1. The smallest absolute Gasteiger partial charge is 0.260 e. The van der Waals surface area contributed by atoms with Crippen LogP contribution in [0.3, 0.4) is 0 Å². The molecule has 1 saturated heterocycles. The van der Waals surface area contributed by atoms with Gasteiger partial charge in [0.1, 0.15) is 13.1 Å². The van der Waals surface area contributed by atoms with Crippen LogP contribution in [0.1, 0.15) is 28.4 Å². The van der Waals surface area contributed by atoms with Gasteiger partial charge in [0.25, 0.3) is 5.91 Å². The highest BCUT2D eigenvalue weighted by atomic mass is 32.1. The number of fused-ring (bicyclic) bond motifs is 1. The number of aromatic nitrogens is 1. The van der Waals surface area contributed by atoms with Crippen LogP contribution in [-0.4, -0.2) is 50.3 Å². The van der Waals surface area contributed by atoms with Crippen molar-refractivity contribution in [1.29, 1.82) is 5.26 Å². The molecule has 1 aliphatic heterocycles. The average molecular weight is 422 g/mol. The van der Waals surface area contributed by atoms with Crippen LogP contribution < -0.4 is 9.80 Å². The van der Waals surface area contributed by atoms with Crippen molar-refractivity contribution in [2.24, 2.45) is 0 Å². The summed E-state index contributed by atoms with van der Waals surface area (Å²) < 4.78 is 6.56. The van der Waals surface area contributed by atoms with Crippen molar-refractivity contribution in [2.75, 3.05) is 44.3 Å². The second-order valence-electron chi connectivity index (χ2n) is 7.37. The van der Waals surface area contributed by atoms with Crippen LogP contribution >= 0.6 is 11.3 Å². The molecule has 0 aliphatic carbocycles. The molecular weight excluding hydrogens is 396 g/mol. The minimum Gasteiger partial charge on any atom is -0.370 e. The standard InChI is InChI=1S/C23H24N4O2S/c1-2-18-4-3-5-20-21(18)25-23(30-20)27(11-10-26-12-14-29-15-13-26)22(28)19-8-6-17(16-24)7-9-19/h3-9H,2,10-15H2,1H3/p+1. The van der Waals surface area contributed by atoms with Crippen molar-refractivity contribution in [3.05, 3.63) is 59.2 Å². The number of nitrogens with zero attached hydrogens (tertiary/aromatic N) is 3. The van der Waals surface area contributed by atoms with Crippen molar-refractivity contribution in [3.63, 3.8) is 0 Å². The zero-order valence-electron chi connectivity index (χ0n) is 17.1. The maximum absolute atomic E-state index is 13.4. The number of benzene rings is 2. The molecule has 0 unspecified atom stereocenters. The van der Waals surface area contributed by atoms with Crippen LogP contribution in [0.2, 0.25) is 0 Å². The minimum atomic E-state index is -0.0794. The SMILES string of the molecule is CCc1cccc2sc(N(CC[NH+]3CCOCC3)C(=O)c3ccc(C#N)cc3)nc12. The molecule has 3 aromatic rings. The number of nitriles is 1. The zero-order valence-corrected chi connectivity index (χ0v) is 17.9. The van der Waals surface area contributed by atoms with E-state index in [9.17, 15) is 4.79 Å². The van der Waals surface area contributed by atoms with Gasteiger partial charge in [-0.05, 0) is 42.3 Å². The minimum absolute atomic E-state index is 0.0794. The van der Waals surface area contributed by atoms with E-state index in [1.165, 1.54) is 10.5 Å². The average Bonchev–Trinajstić information content (AvgIpc) is 3.24. The topological polar surface area (TPSA) is 70.7 Å². The van der Waals surface area contributed by atoms with E-state index < -0.39 is 0 Å². The number of aryl methyl sites for hydroxylation is 1. The molecule has 154 valence electrons. The maximum Gasteiger partial charge on any atom is 0.260 e. The largest absolute Gasteiger partial charge is 0.370 e. The van der Waals surface area contributed by atoms with Gasteiger partial charge < -0.3 is 9.64 Å². The number of anilines is 1. The Kier molecular flexibility index (Phi) is 6.38. The molecule has 6 nitrogen and oxygen atoms in total. The number of hydrogen-bond donors (Lipinski definition) is 1. The first-order valence-electron chi connectivity index (χ1n) is 10.3. The van der Waals surface area contributed by atoms with Crippen molar-refractivity contribution in [1.82, 2.24) is 4.98 Å². The molecule has 1 N–H and O–H groups in total. The second-order valence-corrected chi connectivity index (χ2v) is 8.38. The lowest BCUT2D eigenvalue weighted by Crippen LogP contribution is -3.14. The summed E-state index contributed by atoms with van der Waals surface area (Å²) in [6, 6.07) is 15.1. The first kappa shape index (κ1) is 20.5. The van der Waals surface area contributed by atoms with E-state index in [0.717, 1.165) is 54.6 Å². The van der Waals surface area contributed by atoms with E-state index in [-0.39, 0.29) is 5.91 Å². The van der Waals surface area contributed by atoms with Gasteiger partial charge in [0.2, 0.25) is 0 Å². The lowest BCUT2D eigenvalue weighted by atomic mass is 10.1. The van der Waals surface area contributed by atoms with Gasteiger partial charge in [0.05, 0.1) is 48.2 Å². The number of nitrogens with one attached hydrogen (secondary N) is 1. The highest BCUT2D eigenvalue weighted by Gasteiger charge is 2.24. The molecule has 1 amide bonds. The zero-order chi connectivity index (χ0) is 20.9. The molecule has 2 aromatic carbocycles. The summed E-state index contributed by atoms with van der Waals surface area (Å²) in [6.45, 7) is 7.00. The predicted octanol–water partition coefficient (Wildman–Crippen LogP) is 2.29. The number of amides is 1. The van der Waals surface area contributed by atoms with Gasteiger partial charge >= 0.3 is 0 Å². The first-order chi connectivity index (χ1) is 14.7. The summed E-state index contributed by atoms with van der Waals surface area (Å²) in [7, 11) is 0. The van der Waals surface area contributed by atoms with Gasteiger partial charge in [-0.25, -0.2) is 4.98 Å². The lowest BCUT2D eigenvalue weighted by molar-refractivity contribution is -0.906. The third-order valence-corrected chi connectivity index (χ3v) is 6.54. The summed E-state index contributed by atoms with van der Waals surface area (Å²) in [5.74, 6) is -0.0794. The summed E-state index contributed by atoms with van der Waals surface area (Å²) >= 11 is 1.56. The maximum atomic E-state index is 13.4. The molecule has 0 saturated carbocycles. The van der Waals surface area contributed by atoms with Crippen LogP contribution in [0.5, 0.6) is 0 Å². The van der Waals surface area contributed by atoms with Crippen LogP contribution in [0.15, 0.2) is 42.5 Å². The van der Waals surface area contributed by atoms with Crippen molar-refractivity contribution in [2.45, 2.75) is 13.3 Å². The molecular formula is C23H25N4O2S+. The fourth-order valence-electron chi connectivity index (χ4n) is 3.70. The van der Waals surface area contributed by atoms with E-state index in [4.69, 9.17) is 15.0 Å². The van der Waals surface area contributed by atoms with Gasteiger partial charge in [0, 0.05) is 5.56 Å².